The zero-order valence-electron chi connectivity index (χ0n) is 11.1. The number of nitrogens with zero attached hydrogens (tertiary/aromatic N) is 1. The number of ether oxygens (including phenoxy) is 3. The first-order valence-corrected chi connectivity index (χ1v) is 6.50. The normalized spacial score (nSPS) is 10.3. The minimum atomic E-state index is 0.479. The average molecular weight is 280 g/mol. The van der Waals surface area contributed by atoms with Crippen molar-refractivity contribution in [1.82, 2.24) is 4.98 Å². The zero-order valence-corrected chi connectivity index (χ0v) is 11.9. The number of benzene rings is 1. The Hall–Kier alpha value is -1.79. The third-order valence-electron chi connectivity index (χ3n) is 2.69. The Morgan fingerprint density at radius 2 is 1.68 bits per heavy atom. The molecule has 2 aromatic rings. The molecule has 0 spiro atoms. The average Bonchev–Trinajstić information content (AvgIpc) is 2.94. The molecule has 0 fully saturated rings. The van der Waals surface area contributed by atoms with Crippen molar-refractivity contribution in [2.75, 3.05) is 21.3 Å². The van der Waals surface area contributed by atoms with Gasteiger partial charge in [-0.1, -0.05) is 0 Å². The van der Waals surface area contributed by atoms with E-state index in [0.29, 0.717) is 23.8 Å². The highest BCUT2D eigenvalue weighted by Gasteiger charge is 2.15. The first kappa shape index (κ1) is 13.6. The van der Waals surface area contributed by atoms with Crippen molar-refractivity contribution in [1.29, 1.82) is 0 Å². The largest absolute Gasteiger partial charge is 0.496 e. The maximum Gasteiger partial charge on any atom is 0.164 e. The quantitative estimate of drug-likeness (QED) is 0.910. The standard InChI is InChI=1S/C13H16N2O3S/c1-16-10-5-12(18-3)11(17-2)4-9(10)13-15-7-8(6-14)19-13/h4-5,7H,6,14H2,1-3H3. The first-order valence-electron chi connectivity index (χ1n) is 5.68. The molecular formula is C13H16N2O3S. The van der Waals surface area contributed by atoms with Gasteiger partial charge in [0.15, 0.2) is 11.5 Å². The lowest BCUT2D eigenvalue weighted by atomic mass is 10.2. The van der Waals surface area contributed by atoms with Crippen molar-refractivity contribution >= 4 is 11.3 Å². The van der Waals surface area contributed by atoms with Crippen LogP contribution >= 0.6 is 11.3 Å². The Bertz CT molecular complexity index is 569. The van der Waals surface area contributed by atoms with Crippen LogP contribution in [0.3, 0.4) is 0 Å². The van der Waals surface area contributed by atoms with Crippen LogP contribution in [-0.2, 0) is 6.54 Å². The minimum absolute atomic E-state index is 0.479. The summed E-state index contributed by atoms with van der Waals surface area (Å²) in [4.78, 5) is 5.38. The van der Waals surface area contributed by atoms with Gasteiger partial charge in [0, 0.05) is 23.7 Å². The van der Waals surface area contributed by atoms with Crippen molar-refractivity contribution in [3.63, 3.8) is 0 Å². The summed E-state index contributed by atoms with van der Waals surface area (Å²) in [7, 11) is 4.80. The van der Waals surface area contributed by atoms with Gasteiger partial charge in [-0.25, -0.2) is 4.98 Å². The van der Waals surface area contributed by atoms with Gasteiger partial charge in [-0.05, 0) is 6.07 Å². The number of rotatable bonds is 5. The lowest BCUT2D eigenvalue weighted by Gasteiger charge is -2.12. The molecule has 0 atom stereocenters. The van der Waals surface area contributed by atoms with Gasteiger partial charge in [-0.15, -0.1) is 11.3 Å². The number of nitrogens with two attached hydrogens (primary N) is 1. The topological polar surface area (TPSA) is 66.6 Å². The monoisotopic (exact) mass is 280 g/mol. The number of hydrogen-bond donors (Lipinski definition) is 1. The van der Waals surface area contributed by atoms with E-state index < -0.39 is 0 Å². The molecule has 0 saturated carbocycles. The molecule has 1 heterocycles. The van der Waals surface area contributed by atoms with E-state index in [4.69, 9.17) is 19.9 Å². The lowest BCUT2D eigenvalue weighted by Crippen LogP contribution is -1.94. The summed E-state index contributed by atoms with van der Waals surface area (Å²) in [5, 5.41) is 0.846. The summed E-state index contributed by atoms with van der Waals surface area (Å²) in [5.74, 6) is 1.96. The third kappa shape index (κ3) is 2.64. The summed E-state index contributed by atoms with van der Waals surface area (Å²) in [6.07, 6.45) is 1.77. The molecule has 6 heteroatoms. The second-order valence-corrected chi connectivity index (χ2v) is 4.86. The minimum Gasteiger partial charge on any atom is -0.496 e. The van der Waals surface area contributed by atoms with Gasteiger partial charge in [0.2, 0.25) is 0 Å². The Labute approximate surface area is 115 Å². The second-order valence-electron chi connectivity index (χ2n) is 3.74. The molecule has 0 aliphatic rings. The van der Waals surface area contributed by atoms with Crippen LogP contribution < -0.4 is 19.9 Å². The molecule has 19 heavy (non-hydrogen) atoms. The fourth-order valence-electron chi connectivity index (χ4n) is 1.72. The summed E-state index contributed by atoms with van der Waals surface area (Å²) in [6.45, 7) is 0.479. The summed E-state index contributed by atoms with van der Waals surface area (Å²) < 4.78 is 15.9. The van der Waals surface area contributed by atoms with Crippen molar-refractivity contribution in [2.24, 2.45) is 5.73 Å². The predicted octanol–water partition coefficient (Wildman–Crippen LogP) is 2.29. The molecule has 5 nitrogen and oxygen atoms in total. The van der Waals surface area contributed by atoms with Crippen LogP contribution in [0.2, 0.25) is 0 Å². The van der Waals surface area contributed by atoms with Crippen molar-refractivity contribution in [3.8, 4) is 27.8 Å². The number of methoxy groups -OCH3 is 3. The smallest absolute Gasteiger partial charge is 0.164 e. The molecule has 2 rings (SSSR count). The molecule has 2 N–H and O–H groups in total. The summed E-state index contributed by atoms with van der Waals surface area (Å²) in [5.41, 5.74) is 6.47. The maximum absolute atomic E-state index is 5.61. The number of aromatic nitrogens is 1. The van der Waals surface area contributed by atoms with E-state index in [1.165, 1.54) is 11.3 Å². The van der Waals surface area contributed by atoms with Gasteiger partial charge < -0.3 is 19.9 Å². The molecular weight excluding hydrogens is 264 g/mol. The van der Waals surface area contributed by atoms with Gasteiger partial charge in [0.05, 0.1) is 26.9 Å². The molecule has 0 aliphatic carbocycles. The third-order valence-corrected chi connectivity index (χ3v) is 3.74. The lowest BCUT2D eigenvalue weighted by molar-refractivity contribution is 0.349. The van der Waals surface area contributed by atoms with Crippen LogP contribution in [-0.4, -0.2) is 26.3 Å². The van der Waals surface area contributed by atoms with E-state index in [0.717, 1.165) is 15.4 Å². The van der Waals surface area contributed by atoms with E-state index in [1.54, 1.807) is 33.6 Å². The van der Waals surface area contributed by atoms with Gasteiger partial charge in [-0.2, -0.15) is 0 Å². The molecule has 0 unspecified atom stereocenters. The van der Waals surface area contributed by atoms with Gasteiger partial charge in [0.1, 0.15) is 10.8 Å². The van der Waals surface area contributed by atoms with E-state index in [1.807, 2.05) is 6.07 Å². The second kappa shape index (κ2) is 5.90. The van der Waals surface area contributed by atoms with Gasteiger partial charge in [0.25, 0.3) is 0 Å². The molecule has 0 bridgehead atoms. The first-order chi connectivity index (χ1) is 9.23. The molecule has 0 aliphatic heterocycles. The van der Waals surface area contributed by atoms with Crippen LogP contribution in [0.1, 0.15) is 4.88 Å². The fraction of sp³-hybridized carbons (Fsp3) is 0.308. The molecule has 0 radical (unpaired) electrons. The Kier molecular flexibility index (Phi) is 4.24. The van der Waals surface area contributed by atoms with Gasteiger partial charge in [-0.3, -0.25) is 0 Å². The van der Waals surface area contributed by atoms with Crippen molar-refractivity contribution < 1.29 is 14.2 Å². The van der Waals surface area contributed by atoms with Crippen LogP contribution in [0.4, 0.5) is 0 Å². The molecule has 1 aromatic carbocycles. The highest BCUT2D eigenvalue weighted by Crippen LogP contribution is 2.41. The summed E-state index contributed by atoms with van der Waals surface area (Å²) in [6, 6.07) is 3.65. The molecule has 0 amide bonds. The van der Waals surface area contributed by atoms with Crippen LogP contribution in [0.15, 0.2) is 18.3 Å². The van der Waals surface area contributed by atoms with Crippen molar-refractivity contribution in [3.05, 3.63) is 23.2 Å². The number of thiazole rings is 1. The fourth-order valence-corrected chi connectivity index (χ4v) is 2.53. The Morgan fingerprint density at radius 3 is 2.21 bits per heavy atom. The van der Waals surface area contributed by atoms with Crippen molar-refractivity contribution in [2.45, 2.75) is 6.54 Å². The summed E-state index contributed by atoms with van der Waals surface area (Å²) >= 11 is 1.54. The van der Waals surface area contributed by atoms with E-state index in [2.05, 4.69) is 4.98 Å². The Balaban J connectivity index is 2.54. The molecule has 102 valence electrons. The number of hydrogen-bond acceptors (Lipinski definition) is 6. The van der Waals surface area contributed by atoms with Crippen LogP contribution in [0.25, 0.3) is 10.6 Å². The van der Waals surface area contributed by atoms with Crippen LogP contribution in [0, 0.1) is 0 Å². The zero-order chi connectivity index (χ0) is 13.8. The maximum atomic E-state index is 5.61. The van der Waals surface area contributed by atoms with Gasteiger partial charge >= 0.3 is 0 Å². The molecule has 1 aromatic heterocycles. The predicted molar refractivity (Wildman–Crippen MR) is 75.1 cm³/mol. The van der Waals surface area contributed by atoms with E-state index in [9.17, 15) is 0 Å². The SMILES string of the molecule is COc1cc(OC)c(-c2ncc(CN)s2)cc1OC. The highest BCUT2D eigenvalue weighted by molar-refractivity contribution is 7.15. The molecule has 0 saturated heterocycles. The Morgan fingerprint density at radius 1 is 1.05 bits per heavy atom. The van der Waals surface area contributed by atoms with Crippen LogP contribution in [0.5, 0.6) is 17.2 Å². The highest BCUT2D eigenvalue weighted by atomic mass is 32.1. The van der Waals surface area contributed by atoms with E-state index >= 15 is 0 Å². The van der Waals surface area contributed by atoms with E-state index in [-0.39, 0.29) is 0 Å².